The number of methoxy groups -OCH3 is 1. The minimum atomic E-state index is 0.736. The number of halogens is 1. The Hall–Kier alpha value is -0.770. The van der Waals surface area contributed by atoms with Gasteiger partial charge in [-0.15, -0.1) is 0 Å². The summed E-state index contributed by atoms with van der Waals surface area (Å²) >= 11 is 5.78. The molecular weight excluding hydrogens is 238 g/mol. The van der Waals surface area contributed by atoms with Crippen LogP contribution in [0.3, 0.4) is 0 Å². The summed E-state index contributed by atoms with van der Waals surface area (Å²) in [4.78, 5) is 0. The van der Waals surface area contributed by atoms with Crippen LogP contribution in [0.25, 0.3) is 0 Å². The number of benzene rings is 1. The molecule has 0 aliphatic heterocycles. The van der Waals surface area contributed by atoms with Crippen molar-refractivity contribution >= 4 is 11.6 Å². The molecule has 1 rings (SSSR count). The molecule has 96 valence electrons. The van der Waals surface area contributed by atoms with Crippen LogP contribution in [0.4, 0.5) is 0 Å². The van der Waals surface area contributed by atoms with Gasteiger partial charge in [0.2, 0.25) is 0 Å². The van der Waals surface area contributed by atoms with E-state index in [0.717, 1.165) is 49.9 Å². The zero-order valence-electron chi connectivity index (χ0n) is 10.2. The van der Waals surface area contributed by atoms with Crippen LogP contribution in [0, 0.1) is 0 Å². The standard InChI is InChI=1S/C13H20ClNO2/c1-16-11-9-15-8-2-3-10-17-13-6-4-12(14)5-7-13/h4-7,15H,2-3,8-11H2,1H3. The highest BCUT2D eigenvalue weighted by atomic mass is 35.5. The molecule has 0 aromatic heterocycles. The Morgan fingerprint density at radius 1 is 1.06 bits per heavy atom. The van der Waals surface area contributed by atoms with Gasteiger partial charge in [-0.05, 0) is 43.7 Å². The lowest BCUT2D eigenvalue weighted by Crippen LogP contribution is -2.20. The zero-order chi connectivity index (χ0) is 12.3. The first-order valence-corrected chi connectivity index (χ1v) is 6.29. The Morgan fingerprint density at radius 3 is 2.53 bits per heavy atom. The number of unbranched alkanes of at least 4 members (excludes halogenated alkanes) is 1. The van der Waals surface area contributed by atoms with Gasteiger partial charge in [0, 0.05) is 18.7 Å². The Kier molecular flexibility index (Phi) is 7.80. The molecule has 17 heavy (non-hydrogen) atoms. The summed E-state index contributed by atoms with van der Waals surface area (Å²) in [6.07, 6.45) is 2.15. The molecule has 0 aliphatic carbocycles. The molecule has 1 aromatic carbocycles. The number of hydrogen-bond donors (Lipinski definition) is 1. The molecule has 0 fully saturated rings. The van der Waals surface area contributed by atoms with E-state index >= 15 is 0 Å². The van der Waals surface area contributed by atoms with E-state index in [9.17, 15) is 0 Å². The van der Waals surface area contributed by atoms with E-state index < -0.39 is 0 Å². The van der Waals surface area contributed by atoms with E-state index in [0.29, 0.717) is 0 Å². The van der Waals surface area contributed by atoms with E-state index in [1.54, 1.807) is 7.11 Å². The Balaban J connectivity index is 1.95. The summed E-state index contributed by atoms with van der Waals surface area (Å²) in [5.41, 5.74) is 0. The normalized spacial score (nSPS) is 10.5. The molecule has 4 heteroatoms. The minimum Gasteiger partial charge on any atom is -0.494 e. The third kappa shape index (κ3) is 7.21. The smallest absolute Gasteiger partial charge is 0.119 e. The van der Waals surface area contributed by atoms with Crippen molar-refractivity contribution in [2.24, 2.45) is 0 Å². The largest absolute Gasteiger partial charge is 0.494 e. The molecule has 0 spiro atoms. The van der Waals surface area contributed by atoms with E-state index in [1.165, 1.54) is 0 Å². The maximum absolute atomic E-state index is 5.78. The van der Waals surface area contributed by atoms with E-state index in [-0.39, 0.29) is 0 Å². The maximum Gasteiger partial charge on any atom is 0.119 e. The average molecular weight is 258 g/mol. The summed E-state index contributed by atoms with van der Waals surface area (Å²) in [5, 5.41) is 4.03. The van der Waals surface area contributed by atoms with Gasteiger partial charge in [0.15, 0.2) is 0 Å². The molecule has 0 heterocycles. The fourth-order valence-electron chi connectivity index (χ4n) is 1.37. The average Bonchev–Trinajstić information content (AvgIpc) is 2.35. The van der Waals surface area contributed by atoms with Crippen molar-refractivity contribution in [1.82, 2.24) is 5.32 Å². The van der Waals surface area contributed by atoms with Crippen molar-refractivity contribution in [3.63, 3.8) is 0 Å². The SMILES string of the molecule is COCCNCCCCOc1ccc(Cl)cc1. The van der Waals surface area contributed by atoms with Crippen molar-refractivity contribution in [3.8, 4) is 5.75 Å². The highest BCUT2D eigenvalue weighted by molar-refractivity contribution is 6.30. The van der Waals surface area contributed by atoms with Gasteiger partial charge >= 0.3 is 0 Å². The van der Waals surface area contributed by atoms with Crippen molar-refractivity contribution in [3.05, 3.63) is 29.3 Å². The third-order valence-electron chi connectivity index (χ3n) is 2.31. The van der Waals surface area contributed by atoms with Gasteiger partial charge in [0.25, 0.3) is 0 Å². The second kappa shape index (κ2) is 9.28. The molecular formula is C13H20ClNO2. The van der Waals surface area contributed by atoms with E-state index in [2.05, 4.69) is 5.32 Å². The summed E-state index contributed by atoms with van der Waals surface area (Å²) in [5.74, 6) is 0.877. The quantitative estimate of drug-likeness (QED) is 0.690. The Labute approximate surface area is 108 Å². The fraction of sp³-hybridized carbons (Fsp3) is 0.538. The van der Waals surface area contributed by atoms with E-state index in [4.69, 9.17) is 21.1 Å². The summed E-state index contributed by atoms with van der Waals surface area (Å²) in [6, 6.07) is 7.45. The minimum absolute atomic E-state index is 0.736. The molecule has 3 nitrogen and oxygen atoms in total. The number of rotatable bonds is 9. The lowest BCUT2D eigenvalue weighted by molar-refractivity contribution is 0.199. The summed E-state index contributed by atoms with van der Waals surface area (Å²) < 4.78 is 10.5. The Bertz CT molecular complexity index is 290. The van der Waals surface area contributed by atoms with Crippen LogP contribution >= 0.6 is 11.6 Å². The molecule has 0 bridgehead atoms. The van der Waals surface area contributed by atoms with E-state index in [1.807, 2.05) is 24.3 Å². The number of hydrogen-bond acceptors (Lipinski definition) is 3. The second-order valence-electron chi connectivity index (χ2n) is 3.75. The molecule has 0 radical (unpaired) electrons. The highest BCUT2D eigenvalue weighted by Crippen LogP contribution is 2.15. The van der Waals surface area contributed by atoms with Gasteiger partial charge in [-0.1, -0.05) is 11.6 Å². The first kappa shape index (κ1) is 14.3. The molecule has 0 saturated carbocycles. The molecule has 0 aliphatic rings. The molecule has 0 amide bonds. The summed E-state index contributed by atoms with van der Waals surface area (Å²) in [7, 11) is 1.71. The van der Waals surface area contributed by atoms with Crippen LogP contribution in [-0.4, -0.2) is 33.4 Å². The maximum atomic E-state index is 5.78. The lowest BCUT2D eigenvalue weighted by Gasteiger charge is -2.06. The van der Waals surface area contributed by atoms with Crippen LogP contribution in [0.15, 0.2) is 24.3 Å². The van der Waals surface area contributed by atoms with Gasteiger partial charge < -0.3 is 14.8 Å². The monoisotopic (exact) mass is 257 g/mol. The highest BCUT2D eigenvalue weighted by Gasteiger charge is 1.94. The van der Waals surface area contributed by atoms with Gasteiger partial charge in [0.05, 0.1) is 13.2 Å². The van der Waals surface area contributed by atoms with Crippen molar-refractivity contribution < 1.29 is 9.47 Å². The number of ether oxygens (including phenoxy) is 2. The summed E-state index contributed by atoms with van der Waals surface area (Å²) in [6.45, 7) is 3.43. The number of nitrogens with one attached hydrogen (secondary N) is 1. The van der Waals surface area contributed by atoms with Crippen LogP contribution in [0.5, 0.6) is 5.75 Å². The molecule has 0 saturated heterocycles. The molecule has 0 atom stereocenters. The first-order valence-electron chi connectivity index (χ1n) is 5.91. The zero-order valence-corrected chi connectivity index (χ0v) is 11.0. The van der Waals surface area contributed by atoms with Gasteiger partial charge in [0.1, 0.15) is 5.75 Å². The van der Waals surface area contributed by atoms with Crippen LogP contribution in [-0.2, 0) is 4.74 Å². The fourth-order valence-corrected chi connectivity index (χ4v) is 1.50. The Morgan fingerprint density at radius 2 is 1.82 bits per heavy atom. The topological polar surface area (TPSA) is 30.5 Å². The van der Waals surface area contributed by atoms with Crippen LogP contribution in [0.1, 0.15) is 12.8 Å². The molecule has 1 aromatic rings. The predicted molar refractivity (Wildman–Crippen MR) is 70.9 cm³/mol. The van der Waals surface area contributed by atoms with Gasteiger partial charge in [-0.3, -0.25) is 0 Å². The van der Waals surface area contributed by atoms with Crippen molar-refractivity contribution in [2.75, 3.05) is 33.4 Å². The van der Waals surface area contributed by atoms with Crippen molar-refractivity contribution in [1.29, 1.82) is 0 Å². The van der Waals surface area contributed by atoms with Crippen LogP contribution < -0.4 is 10.1 Å². The van der Waals surface area contributed by atoms with Crippen LogP contribution in [0.2, 0.25) is 5.02 Å². The van der Waals surface area contributed by atoms with Crippen molar-refractivity contribution in [2.45, 2.75) is 12.8 Å². The molecule has 1 N–H and O–H groups in total. The van der Waals surface area contributed by atoms with Gasteiger partial charge in [-0.25, -0.2) is 0 Å². The second-order valence-corrected chi connectivity index (χ2v) is 4.19. The van der Waals surface area contributed by atoms with Gasteiger partial charge in [-0.2, -0.15) is 0 Å². The third-order valence-corrected chi connectivity index (χ3v) is 2.57. The molecule has 0 unspecified atom stereocenters. The predicted octanol–water partition coefficient (Wildman–Crippen LogP) is 2.74. The lowest BCUT2D eigenvalue weighted by atomic mass is 10.3. The first-order chi connectivity index (χ1) is 8.33.